The molecule has 6 heteroatoms. The van der Waals surface area contributed by atoms with Crippen LogP contribution in [0.15, 0.2) is 60.8 Å². The molecule has 0 amide bonds. The van der Waals surface area contributed by atoms with Gasteiger partial charge in [0.05, 0.1) is 0 Å². The molecule has 0 aromatic carbocycles. The van der Waals surface area contributed by atoms with Crippen molar-refractivity contribution in [2.24, 2.45) is 0 Å². The van der Waals surface area contributed by atoms with Gasteiger partial charge in [0.25, 0.3) is 0 Å². The second-order valence-electron chi connectivity index (χ2n) is 16.0. The molecule has 0 spiro atoms. The first-order valence-corrected chi connectivity index (χ1v) is 24.3. The Balaban J connectivity index is 4.53. The van der Waals surface area contributed by atoms with Crippen LogP contribution in [0.5, 0.6) is 0 Å². The molecule has 0 aromatic rings. The van der Waals surface area contributed by atoms with Crippen molar-refractivity contribution in [3.05, 3.63) is 60.8 Å². The van der Waals surface area contributed by atoms with Crippen molar-refractivity contribution in [3.8, 4) is 0 Å². The number of rotatable bonds is 43. The molecule has 0 heterocycles. The summed E-state index contributed by atoms with van der Waals surface area (Å²) in [5.41, 5.74) is 0. The first-order valence-electron chi connectivity index (χ1n) is 24.3. The fourth-order valence-electron chi connectivity index (χ4n) is 6.54. The van der Waals surface area contributed by atoms with E-state index in [9.17, 15) is 14.4 Å². The molecule has 58 heavy (non-hydrogen) atoms. The van der Waals surface area contributed by atoms with Crippen LogP contribution in [0.3, 0.4) is 0 Å². The lowest BCUT2D eigenvalue weighted by Gasteiger charge is -2.18. The lowest BCUT2D eigenvalue weighted by atomic mass is 10.1. The lowest BCUT2D eigenvalue weighted by molar-refractivity contribution is -0.166. The molecule has 1 atom stereocenters. The van der Waals surface area contributed by atoms with Gasteiger partial charge in [-0.3, -0.25) is 14.4 Å². The Kier molecular flexibility index (Phi) is 44.5. The predicted molar refractivity (Wildman–Crippen MR) is 247 cm³/mol. The van der Waals surface area contributed by atoms with E-state index in [-0.39, 0.29) is 38.0 Å². The summed E-state index contributed by atoms with van der Waals surface area (Å²) in [6.45, 7) is 6.49. The molecule has 0 saturated heterocycles. The average molecular weight is 811 g/mol. The molecule has 0 N–H and O–H groups in total. The Bertz CT molecular complexity index is 1070. The van der Waals surface area contributed by atoms with Crippen LogP contribution in [-0.4, -0.2) is 37.2 Å². The van der Waals surface area contributed by atoms with Crippen molar-refractivity contribution in [1.29, 1.82) is 0 Å². The summed E-state index contributed by atoms with van der Waals surface area (Å²) in [5, 5.41) is 0. The third-order valence-electron chi connectivity index (χ3n) is 10.2. The molecule has 0 rings (SSSR count). The van der Waals surface area contributed by atoms with Crippen LogP contribution in [0, 0.1) is 0 Å². The van der Waals surface area contributed by atoms with Crippen LogP contribution >= 0.6 is 0 Å². The summed E-state index contributed by atoms with van der Waals surface area (Å²) < 4.78 is 16.6. The number of hydrogen-bond acceptors (Lipinski definition) is 6. The highest BCUT2D eigenvalue weighted by Crippen LogP contribution is 2.12. The maximum absolute atomic E-state index is 12.7. The first kappa shape index (κ1) is 55.1. The second kappa shape index (κ2) is 46.8. The topological polar surface area (TPSA) is 78.9 Å². The third kappa shape index (κ3) is 44.2. The van der Waals surface area contributed by atoms with Crippen LogP contribution in [0.25, 0.3) is 0 Å². The fourth-order valence-corrected chi connectivity index (χ4v) is 6.54. The van der Waals surface area contributed by atoms with Crippen LogP contribution < -0.4 is 0 Å². The van der Waals surface area contributed by atoms with Crippen molar-refractivity contribution >= 4 is 17.9 Å². The molecule has 0 aliphatic rings. The smallest absolute Gasteiger partial charge is 0.306 e. The van der Waals surface area contributed by atoms with E-state index in [1.54, 1.807) is 0 Å². The number of unbranched alkanes of at least 4 members (excludes halogenated alkanes) is 22. The van der Waals surface area contributed by atoms with Gasteiger partial charge >= 0.3 is 17.9 Å². The zero-order valence-corrected chi connectivity index (χ0v) is 38.0. The minimum absolute atomic E-state index is 0.122. The van der Waals surface area contributed by atoms with E-state index < -0.39 is 12.1 Å². The molecular weight excluding hydrogens is 721 g/mol. The predicted octanol–water partition coefficient (Wildman–Crippen LogP) is 15.7. The number of carbonyl (C=O) groups is 3. The van der Waals surface area contributed by atoms with Gasteiger partial charge < -0.3 is 14.2 Å². The maximum atomic E-state index is 12.7. The van der Waals surface area contributed by atoms with E-state index in [1.807, 2.05) is 12.2 Å². The SMILES string of the molecule is CCCCCCCC/C=C/C/C=C/CCC(=O)OCC(COC(=O)CCCCC/C=C/CCCCCCCCC)OC(=O)CC/C=C/C/C=C/CCCCCCCC. The molecule has 0 aromatic heterocycles. The van der Waals surface area contributed by atoms with Crippen molar-refractivity contribution in [2.45, 2.75) is 239 Å². The molecule has 1 unspecified atom stereocenters. The van der Waals surface area contributed by atoms with Crippen molar-refractivity contribution in [2.75, 3.05) is 13.2 Å². The van der Waals surface area contributed by atoms with Crippen LogP contribution in [-0.2, 0) is 28.6 Å². The highest BCUT2D eigenvalue weighted by molar-refractivity contribution is 5.71. The van der Waals surface area contributed by atoms with Gasteiger partial charge in [-0.05, 0) is 83.5 Å². The number of esters is 3. The minimum atomic E-state index is -0.830. The monoisotopic (exact) mass is 811 g/mol. The fraction of sp³-hybridized carbons (Fsp3) is 0.750. The molecule has 0 aliphatic heterocycles. The minimum Gasteiger partial charge on any atom is -0.462 e. The second-order valence-corrected chi connectivity index (χ2v) is 16.0. The van der Waals surface area contributed by atoms with Gasteiger partial charge in [0.2, 0.25) is 0 Å². The van der Waals surface area contributed by atoms with E-state index in [0.717, 1.165) is 57.8 Å². The van der Waals surface area contributed by atoms with Crippen molar-refractivity contribution < 1.29 is 28.6 Å². The third-order valence-corrected chi connectivity index (χ3v) is 10.2. The largest absolute Gasteiger partial charge is 0.462 e. The number of hydrogen-bond donors (Lipinski definition) is 0. The highest BCUT2D eigenvalue weighted by Gasteiger charge is 2.19. The van der Waals surface area contributed by atoms with E-state index in [1.165, 1.54) is 122 Å². The van der Waals surface area contributed by atoms with Crippen molar-refractivity contribution in [3.63, 3.8) is 0 Å². The Morgan fingerprint density at radius 3 is 1.07 bits per heavy atom. The Labute approximate surface area is 358 Å². The quantitative estimate of drug-likeness (QED) is 0.0264. The normalized spacial score (nSPS) is 12.5. The lowest BCUT2D eigenvalue weighted by Crippen LogP contribution is -2.30. The maximum Gasteiger partial charge on any atom is 0.306 e. The molecule has 0 saturated carbocycles. The van der Waals surface area contributed by atoms with Gasteiger partial charge in [-0.1, -0.05) is 191 Å². The first-order chi connectivity index (χ1) is 28.5. The van der Waals surface area contributed by atoms with Gasteiger partial charge in [0, 0.05) is 19.3 Å². The summed E-state index contributed by atoms with van der Waals surface area (Å²) in [6.07, 6.45) is 56.6. The number of ether oxygens (including phenoxy) is 3. The zero-order valence-electron chi connectivity index (χ0n) is 38.0. The Hall–Kier alpha value is -2.89. The van der Waals surface area contributed by atoms with E-state index in [0.29, 0.717) is 19.3 Å². The standard InChI is InChI=1S/C52H90O6/c1-4-7-10-13-16-19-22-25-28-30-33-36-39-42-45-51(54)57-48-49(58-52(55)46-43-40-37-34-31-27-24-21-18-15-12-9-6-3)47-56-50(53)44-41-38-35-32-29-26-23-20-17-14-11-8-5-2/h26-31,35,37-38,40,49H,4-25,32-34,36,39,41-48H2,1-3H3/b29-26+,30-28+,31-27+,38-35+,40-37+. The highest BCUT2D eigenvalue weighted by atomic mass is 16.6. The van der Waals surface area contributed by atoms with Crippen LogP contribution in [0.2, 0.25) is 0 Å². The Morgan fingerprint density at radius 1 is 0.345 bits per heavy atom. The van der Waals surface area contributed by atoms with E-state index in [2.05, 4.69) is 69.4 Å². The van der Waals surface area contributed by atoms with Gasteiger partial charge in [-0.2, -0.15) is 0 Å². The van der Waals surface area contributed by atoms with Gasteiger partial charge in [0.15, 0.2) is 6.10 Å². The van der Waals surface area contributed by atoms with Gasteiger partial charge in [-0.15, -0.1) is 0 Å². The van der Waals surface area contributed by atoms with Crippen molar-refractivity contribution in [1.82, 2.24) is 0 Å². The summed E-state index contributed by atoms with van der Waals surface area (Å²) in [6, 6.07) is 0. The van der Waals surface area contributed by atoms with Gasteiger partial charge in [-0.25, -0.2) is 0 Å². The average Bonchev–Trinajstić information content (AvgIpc) is 3.22. The molecule has 0 fully saturated rings. The number of allylic oxidation sites excluding steroid dienone is 10. The molecule has 0 aliphatic carbocycles. The van der Waals surface area contributed by atoms with E-state index >= 15 is 0 Å². The summed E-state index contributed by atoms with van der Waals surface area (Å²) in [5.74, 6) is -1.08. The van der Waals surface area contributed by atoms with E-state index in [4.69, 9.17) is 14.2 Å². The molecule has 334 valence electrons. The molecule has 0 radical (unpaired) electrons. The summed E-state index contributed by atoms with van der Waals surface area (Å²) in [4.78, 5) is 37.7. The molecule has 0 bridgehead atoms. The number of carbonyl (C=O) groups excluding carboxylic acids is 3. The van der Waals surface area contributed by atoms with Gasteiger partial charge in [0.1, 0.15) is 13.2 Å². The molecule has 6 nitrogen and oxygen atoms in total. The summed E-state index contributed by atoms with van der Waals surface area (Å²) >= 11 is 0. The van der Waals surface area contributed by atoms with Crippen LogP contribution in [0.4, 0.5) is 0 Å². The summed E-state index contributed by atoms with van der Waals surface area (Å²) in [7, 11) is 0. The van der Waals surface area contributed by atoms with Crippen LogP contribution in [0.1, 0.15) is 233 Å². The Morgan fingerprint density at radius 2 is 0.655 bits per heavy atom. The molecular formula is C52H90O6. The zero-order chi connectivity index (χ0) is 42.3.